The first kappa shape index (κ1) is 16.9. The van der Waals surface area contributed by atoms with Gasteiger partial charge in [-0.1, -0.05) is 5.92 Å². The van der Waals surface area contributed by atoms with Crippen molar-refractivity contribution >= 4 is 11.4 Å². The minimum absolute atomic E-state index is 0.0349. The summed E-state index contributed by atoms with van der Waals surface area (Å²) in [6.45, 7) is 2.63. The summed E-state index contributed by atoms with van der Waals surface area (Å²) in [6, 6.07) is 10.4. The third-order valence-corrected chi connectivity index (χ3v) is 4.71. The molecule has 1 atom stereocenters. The molecule has 27 heavy (non-hydrogen) atoms. The van der Waals surface area contributed by atoms with E-state index in [0.29, 0.717) is 18.0 Å². The van der Waals surface area contributed by atoms with Crippen LogP contribution in [0, 0.1) is 22.5 Å². The molecular weight excluding hydrogens is 346 g/mol. The zero-order valence-corrected chi connectivity index (χ0v) is 14.7. The molecule has 2 aliphatic heterocycles. The van der Waals surface area contributed by atoms with E-state index in [0.717, 1.165) is 28.9 Å². The Balaban J connectivity index is 1.86. The van der Waals surface area contributed by atoms with Gasteiger partial charge in [0.05, 0.1) is 17.2 Å². The molecule has 0 saturated heterocycles. The maximum atomic E-state index is 11.0. The molecule has 0 aromatic heterocycles. The van der Waals surface area contributed by atoms with E-state index >= 15 is 0 Å². The summed E-state index contributed by atoms with van der Waals surface area (Å²) in [4.78, 5) is 10.5. The number of nitro benzene ring substituents is 1. The number of non-ortho nitro benzene ring substituents is 1. The molecule has 0 N–H and O–H groups in total. The fourth-order valence-corrected chi connectivity index (χ4v) is 3.32. The minimum Gasteiger partial charge on any atom is -0.454 e. The Labute approximate surface area is 156 Å². The molecule has 0 fully saturated rings. The summed E-state index contributed by atoms with van der Waals surface area (Å²) in [5, 5.41) is 17.6. The summed E-state index contributed by atoms with van der Waals surface area (Å²) >= 11 is 0. The van der Waals surface area contributed by atoms with Crippen molar-refractivity contribution in [2.75, 3.05) is 13.3 Å². The number of benzene rings is 2. The van der Waals surface area contributed by atoms with E-state index in [4.69, 9.17) is 21.0 Å². The molecule has 0 radical (unpaired) electrons. The molecule has 7 nitrogen and oxygen atoms in total. The average Bonchev–Trinajstić information content (AvgIpc) is 3.07. The zero-order chi connectivity index (χ0) is 19.0. The smallest absolute Gasteiger partial charge is 0.269 e. The molecular formula is C20H17N3O4. The molecule has 0 amide bonds. The standard InChI is InChI=1S/C20H17N3O4/c1-3-8-22-13(2)9-15-10-18-19(27-12-26-18)11-17(15)20(21-22)14-4-6-16(7-5-14)23(24)25/h1,4-7,10-11,13H,8-9,12H2,2H3. The first-order valence-electron chi connectivity index (χ1n) is 8.53. The van der Waals surface area contributed by atoms with Gasteiger partial charge in [0.1, 0.15) is 0 Å². The van der Waals surface area contributed by atoms with Crippen molar-refractivity contribution in [2.24, 2.45) is 5.10 Å². The number of terminal acetylenes is 1. The first-order chi connectivity index (χ1) is 13.1. The topological polar surface area (TPSA) is 77.2 Å². The number of fused-ring (bicyclic) bond motifs is 2. The third kappa shape index (κ3) is 3.06. The van der Waals surface area contributed by atoms with Crippen molar-refractivity contribution in [3.8, 4) is 23.8 Å². The lowest BCUT2D eigenvalue weighted by atomic mass is 9.94. The Morgan fingerprint density at radius 3 is 2.67 bits per heavy atom. The first-order valence-corrected chi connectivity index (χ1v) is 8.53. The summed E-state index contributed by atoms with van der Waals surface area (Å²) in [7, 11) is 0. The van der Waals surface area contributed by atoms with Crippen LogP contribution < -0.4 is 9.47 Å². The monoisotopic (exact) mass is 363 g/mol. The highest BCUT2D eigenvalue weighted by atomic mass is 16.7. The molecule has 2 aromatic carbocycles. The van der Waals surface area contributed by atoms with E-state index in [1.54, 1.807) is 12.1 Å². The molecule has 2 heterocycles. The van der Waals surface area contributed by atoms with Gasteiger partial charge >= 0.3 is 0 Å². The molecule has 2 aromatic rings. The Morgan fingerprint density at radius 2 is 2.00 bits per heavy atom. The predicted octanol–water partition coefficient (Wildman–Crippen LogP) is 2.96. The lowest BCUT2D eigenvalue weighted by molar-refractivity contribution is -0.384. The van der Waals surface area contributed by atoms with Gasteiger partial charge in [-0.3, -0.25) is 15.1 Å². The van der Waals surface area contributed by atoms with E-state index in [1.807, 2.05) is 17.1 Å². The van der Waals surface area contributed by atoms with Gasteiger partial charge in [0.25, 0.3) is 5.69 Å². The Bertz CT molecular complexity index is 976. The Hall–Kier alpha value is -3.53. The lowest BCUT2D eigenvalue weighted by Crippen LogP contribution is -2.30. The maximum absolute atomic E-state index is 11.0. The van der Waals surface area contributed by atoms with Gasteiger partial charge in [0.15, 0.2) is 11.5 Å². The second-order valence-corrected chi connectivity index (χ2v) is 6.47. The molecule has 136 valence electrons. The Morgan fingerprint density at radius 1 is 1.30 bits per heavy atom. The van der Waals surface area contributed by atoms with Crippen LogP contribution in [-0.4, -0.2) is 35.0 Å². The Kier molecular flexibility index (Phi) is 4.16. The number of nitro groups is 1. The highest BCUT2D eigenvalue weighted by molar-refractivity contribution is 6.14. The number of hydrogen-bond acceptors (Lipinski definition) is 6. The van der Waals surface area contributed by atoms with Gasteiger partial charge in [-0.25, -0.2) is 0 Å². The second-order valence-electron chi connectivity index (χ2n) is 6.47. The predicted molar refractivity (Wildman–Crippen MR) is 100 cm³/mol. The minimum atomic E-state index is -0.419. The number of rotatable bonds is 3. The van der Waals surface area contributed by atoms with Crippen LogP contribution in [0.25, 0.3) is 0 Å². The van der Waals surface area contributed by atoms with Crippen molar-refractivity contribution in [3.05, 3.63) is 63.2 Å². The van der Waals surface area contributed by atoms with Crippen LogP contribution in [-0.2, 0) is 6.42 Å². The lowest BCUT2D eigenvalue weighted by Gasteiger charge is -2.22. The van der Waals surface area contributed by atoms with Crippen LogP contribution in [0.4, 0.5) is 5.69 Å². The van der Waals surface area contributed by atoms with Gasteiger partial charge in [-0.2, -0.15) is 5.10 Å². The molecule has 0 saturated carbocycles. The SMILES string of the molecule is C#CCN1N=C(c2ccc([N+](=O)[O-])cc2)c2cc3c(cc2CC1C)OCO3. The third-order valence-electron chi connectivity index (χ3n) is 4.71. The van der Waals surface area contributed by atoms with Gasteiger partial charge in [-0.05, 0) is 43.2 Å². The second kappa shape index (κ2) is 6.65. The van der Waals surface area contributed by atoms with E-state index < -0.39 is 4.92 Å². The number of hydrogen-bond donors (Lipinski definition) is 0. The summed E-state index contributed by atoms with van der Waals surface area (Å²) in [5.74, 6) is 4.03. The molecule has 0 bridgehead atoms. The highest BCUT2D eigenvalue weighted by Crippen LogP contribution is 2.37. The molecule has 4 rings (SSSR count). The van der Waals surface area contributed by atoms with E-state index in [9.17, 15) is 10.1 Å². The van der Waals surface area contributed by atoms with Gasteiger partial charge < -0.3 is 9.47 Å². The van der Waals surface area contributed by atoms with Crippen molar-refractivity contribution in [3.63, 3.8) is 0 Å². The van der Waals surface area contributed by atoms with Gasteiger partial charge in [0, 0.05) is 29.3 Å². The van der Waals surface area contributed by atoms with Crippen LogP contribution in [0.15, 0.2) is 41.5 Å². The van der Waals surface area contributed by atoms with Crippen molar-refractivity contribution in [1.82, 2.24) is 5.01 Å². The quantitative estimate of drug-likeness (QED) is 0.476. The molecule has 2 aliphatic rings. The van der Waals surface area contributed by atoms with E-state index in [-0.39, 0.29) is 18.5 Å². The van der Waals surface area contributed by atoms with Gasteiger partial charge in [-0.15, -0.1) is 6.42 Å². The maximum Gasteiger partial charge on any atom is 0.269 e. The number of ether oxygens (including phenoxy) is 2. The zero-order valence-electron chi connectivity index (χ0n) is 14.7. The summed E-state index contributed by atoms with van der Waals surface area (Å²) < 4.78 is 11.0. The average molecular weight is 363 g/mol. The molecule has 0 spiro atoms. The van der Waals surface area contributed by atoms with E-state index in [2.05, 4.69) is 12.8 Å². The number of nitrogens with zero attached hydrogens (tertiary/aromatic N) is 3. The number of hydrazone groups is 1. The van der Waals surface area contributed by atoms with Crippen LogP contribution in [0.3, 0.4) is 0 Å². The van der Waals surface area contributed by atoms with Crippen LogP contribution >= 0.6 is 0 Å². The molecule has 1 unspecified atom stereocenters. The molecule has 7 heteroatoms. The normalized spacial score (nSPS) is 17.6. The largest absolute Gasteiger partial charge is 0.454 e. The van der Waals surface area contributed by atoms with Crippen molar-refractivity contribution < 1.29 is 14.4 Å². The highest BCUT2D eigenvalue weighted by Gasteiger charge is 2.26. The summed E-state index contributed by atoms with van der Waals surface area (Å²) in [5.41, 5.74) is 3.50. The van der Waals surface area contributed by atoms with Crippen molar-refractivity contribution in [2.45, 2.75) is 19.4 Å². The summed E-state index contributed by atoms with van der Waals surface area (Å²) in [6.07, 6.45) is 6.26. The van der Waals surface area contributed by atoms with Gasteiger partial charge in [0.2, 0.25) is 6.79 Å². The fourth-order valence-electron chi connectivity index (χ4n) is 3.32. The van der Waals surface area contributed by atoms with Crippen molar-refractivity contribution in [1.29, 1.82) is 0 Å². The molecule has 0 aliphatic carbocycles. The van der Waals surface area contributed by atoms with Crippen LogP contribution in [0.2, 0.25) is 0 Å². The van der Waals surface area contributed by atoms with E-state index in [1.165, 1.54) is 12.1 Å². The fraction of sp³-hybridized carbons (Fsp3) is 0.250. The van der Waals surface area contributed by atoms with Crippen LogP contribution in [0.5, 0.6) is 11.5 Å². The van der Waals surface area contributed by atoms with Crippen LogP contribution in [0.1, 0.15) is 23.6 Å².